The van der Waals surface area contributed by atoms with Crippen molar-refractivity contribution in [3.8, 4) is 11.6 Å². The third kappa shape index (κ3) is 7.60. The Labute approximate surface area is 227 Å². The highest BCUT2D eigenvalue weighted by atomic mass is 32.2. The summed E-state index contributed by atoms with van der Waals surface area (Å²) < 4.78 is 25.5. The molecule has 2 aliphatic rings. The number of nitrogens with one attached hydrogen (secondary N) is 2. The number of thioether (sulfide) groups is 1. The SMILES string of the molecule is CCc1ccc(C(=O)NC2CCC(NC(=O)c3cc(F)cnc3OC3CCSCC3)CC2)c(OCCO)c1. The second-order valence-corrected chi connectivity index (χ2v) is 10.9. The fourth-order valence-electron chi connectivity index (χ4n) is 4.79. The quantitative estimate of drug-likeness (QED) is 0.415. The van der Waals surface area contributed by atoms with Gasteiger partial charge >= 0.3 is 0 Å². The van der Waals surface area contributed by atoms with E-state index in [1.807, 2.05) is 30.8 Å². The molecule has 0 radical (unpaired) electrons. The van der Waals surface area contributed by atoms with E-state index < -0.39 is 11.7 Å². The molecule has 0 unspecified atom stereocenters. The summed E-state index contributed by atoms with van der Waals surface area (Å²) in [4.78, 5) is 30.1. The first-order valence-electron chi connectivity index (χ1n) is 13.3. The number of aliphatic hydroxyl groups excluding tert-OH is 1. The maximum absolute atomic E-state index is 14.0. The van der Waals surface area contributed by atoms with Crippen molar-refractivity contribution in [3.05, 3.63) is 53.0 Å². The number of halogens is 1. The molecule has 206 valence electrons. The summed E-state index contributed by atoms with van der Waals surface area (Å²) in [6.07, 6.45) is 6.36. The molecular weight excluding hydrogens is 509 g/mol. The number of carbonyl (C=O) groups excluding carboxylic acids is 2. The zero-order valence-electron chi connectivity index (χ0n) is 21.7. The lowest BCUT2D eigenvalue weighted by molar-refractivity contribution is 0.0883. The number of amides is 2. The van der Waals surface area contributed by atoms with Crippen LogP contribution in [0.5, 0.6) is 11.6 Å². The van der Waals surface area contributed by atoms with E-state index in [-0.39, 0.29) is 48.8 Å². The van der Waals surface area contributed by atoms with E-state index in [9.17, 15) is 14.0 Å². The van der Waals surface area contributed by atoms with E-state index >= 15 is 0 Å². The Morgan fingerprint density at radius 1 is 1.03 bits per heavy atom. The van der Waals surface area contributed by atoms with Crippen molar-refractivity contribution < 1.29 is 28.6 Å². The molecule has 2 amide bonds. The standard InChI is InChI=1S/C28H36FN3O5S/c1-2-18-3-8-23(25(15-18)36-12-11-33)26(34)31-20-4-6-21(7-5-20)32-27(35)24-16-19(29)17-30-28(24)37-22-9-13-38-14-10-22/h3,8,15-17,20-22,33H,2,4-7,9-14H2,1H3,(H,31,34)(H,32,35). The van der Waals surface area contributed by atoms with Crippen LogP contribution in [0, 0.1) is 5.82 Å². The number of hydrogen-bond donors (Lipinski definition) is 3. The number of aryl methyl sites for hydroxylation is 1. The van der Waals surface area contributed by atoms with Crippen molar-refractivity contribution in [3.63, 3.8) is 0 Å². The molecule has 8 nitrogen and oxygen atoms in total. The molecule has 4 rings (SSSR count). The number of pyridine rings is 1. The molecule has 2 heterocycles. The summed E-state index contributed by atoms with van der Waals surface area (Å²) in [5.74, 6) is 1.43. The highest BCUT2D eigenvalue weighted by molar-refractivity contribution is 7.99. The summed E-state index contributed by atoms with van der Waals surface area (Å²) >= 11 is 1.87. The van der Waals surface area contributed by atoms with Crippen molar-refractivity contribution in [2.45, 2.75) is 70.1 Å². The second-order valence-electron chi connectivity index (χ2n) is 9.69. The normalized spacial score (nSPS) is 20.0. The van der Waals surface area contributed by atoms with Crippen LogP contribution in [0.25, 0.3) is 0 Å². The topological polar surface area (TPSA) is 110 Å². The first kappa shape index (κ1) is 28.2. The lowest BCUT2D eigenvalue weighted by Crippen LogP contribution is -2.44. The van der Waals surface area contributed by atoms with E-state index in [1.165, 1.54) is 6.07 Å². The van der Waals surface area contributed by atoms with Gasteiger partial charge in [0.15, 0.2) is 0 Å². The number of nitrogens with zero attached hydrogens (tertiary/aromatic N) is 1. The fraction of sp³-hybridized carbons (Fsp3) is 0.536. The molecule has 1 aromatic heterocycles. The molecule has 0 spiro atoms. The Morgan fingerprint density at radius 2 is 1.68 bits per heavy atom. The summed E-state index contributed by atoms with van der Waals surface area (Å²) in [5.41, 5.74) is 1.60. The van der Waals surface area contributed by atoms with Crippen molar-refractivity contribution >= 4 is 23.6 Å². The third-order valence-corrected chi connectivity index (χ3v) is 8.00. The van der Waals surface area contributed by atoms with Gasteiger partial charge in [0.25, 0.3) is 11.8 Å². The molecule has 0 atom stereocenters. The highest BCUT2D eigenvalue weighted by Gasteiger charge is 2.27. The van der Waals surface area contributed by atoms with E-state index in [0.717, 1.165) is 42.5 Å². The fourth-order valence-corrected chi connectivity index (χ4v) is 5.86. The average Bonchev–Trinajstić information content (AvgIpc) is 2.94. The molecule has 1 saturated heterocycles. The molecule has 10 heteroatoms. The number of aliphatic hydroxyl groups is 1. The predicted octanol–water partition coefficient (Wildman–Crippen LogP) is 3.90. The molecule has 38 heavy (non-hydrogen) atoms. The molecule has 2 aromatic rings. The van der Waals surface area contributed by atoms with Crippen LogP contribution in [0.15, 0.2) is 30.5 Å². The van der Waals surface area contributed by atoms with Gasteiger partial charge in [-0.15, -0.1) is 0 Å². The Bertz CT molecular complexity index is 1100. The first-order valence-corrected chi connectivity index (χ1v) is 14.5. The third-order valence-electron chi connectivity index (χ3n) is 6.95. The van der Waals surface area contributed by atoms with Crippen LogP contribution in [0.3, 0.4) is 0 Å². The Balaban J connectivity index is 1.31. The van der Waals surface area contributed by atoms with Gasteiger partial charge in [0.2, 0.25) is 5.88 Å². The van der Waals surface area contributed by atoms with Crippen LogP contribution in [-0.4, -0.2) is 64.8 Å². The van der Waals surface area contributed by atoms with Crippen molar-refractivity contribution in [2.24, 2.45) is 0 Å². The van der Waals surface area contributed by atoms with Gasteiger partial charge in [-0.05, 0) is 80.2 Å². The lowest BCUT2D eigenvalue weighted by Gasteiger charge is -2.30. The van der Waals surface area contributed by atoms with Crippen molar-refractivity contribution in [1.82, 2.24) is 15.6 Å². The molecule has 0 bridgehead atoms. The van der Waals surface area contributed by atoms with Crippen LogP contribution in [0.4, 0.5) is 4.39 Å². The Hall–Kier alpha value is -2.85. The zero-order chi connectivity index (χ0) is 26.9. The van der Waals surface area contributed by atoms with Gasteiger partial charge in [0, 0.05) is 12.1 Å². The van der Waals surface area contributed by atoms with Gasteiger partial charge in [-0.1, -0.05) is 13.0 Å². The van der Waals surface area contributed by atoms with Crippen LogP contribution >= 0.6 is 11.8 Å². The van der Waals surface area contributed by atoms with E-state index in [0.29, 0.717) is 37.0 Å². The summed E-state index contributed by atoms with van der Waals surface area (Å²) in [6.45, 7) is 2.01. The van der Waals surface area contributed by atoms with Crippen molar-refractivity contribution in [2.75, 3.05) is 24.7 Å². The summed E-state index contributed by atoms with van der Waals surface area (Å²) in [5, 5.41) is 15.2. The number of hydrogen-bond acceptors (Lipinski definition) is 7. The average molecular weight is 546 g/mol. The maximum atomic E-state index is 14.0. The second kappa shape index (κ2) is 13.8. The number of benzene rings is 1. The monoisotopic (exact) mass is 545 g/mol. The molecular formula is C28H36FN3O5S. The van der Waals surface area contributed by atoms with Gasteiger partial charge in [-0.2, -0.15) is 11.8 Å². The number of rotatable bonds is 10. The minimum Gasteiger partial charge on any atom is -0.490 e. The maximum Gasteiger partial charge on any atom is 0.257 e. The molecule has 3 N–H and O–H groups in total. The van der Waals surface area contributed by atoms with Gasteiger partial charge < -0.3 is 25.2 Å². The Kier molecular flexibility index (Phi) is 10.2. The lowest BCUT2D eigenvalue weighted by atomic mass is 9.90. The minimum absolute atomic E-state index is 0.0208. The Morgan fingerprint density at radius 3 is 2.32 bits per heavy atom. The molecule has 1 saturated carbocycles. The molecule has 2 fully saturated rings. The number of carbonyl (C=O) groups is 2. The molecule has 1 aliphatic heterocycles. The minimum atomic E-state index is -0.581. The number of ether oxygens (including phenoxy) is 2. The zero-order valence-corrected chi connectivity index (χ0v) is 22.5. The van der Waals surface area contributed by atoms with Crippen LogP contribution < -0.4 is 20.1 Å². The van der Waals surface area contributed by atoms with Gasteiger partial charge in [0.05, 0.1) is 18.4 Å². The summed E-state index contributed by atoms with van der Waals surface area (Å²) in [7, 11) is 0. The van der Waals surface area contributed by atoms with Crippen LogP contribution in [0.1, 0.15) is 71.7 Å². The van der Waals surface area contributed by atoms with Gasteiger partial charge in [0.1, 0.15) is 29.8 Å². The predicted molar refractivity (Wildman–Crippen MR) is 145 cm³/mol. The highest BCUT2D eigenvalue weighted by Crippen LogP contribution is 2.26. The van der Waals surface area contributed by atoms with Gasteiger partial charge in [-0.25, -0.2) is 9.37 Å². The van der Waals surface area contributed by atoms with Crippen LogP contribution in [-0.2, 0) is 6.42 Å². The van der Waals surface area contributed by atoms with Crippen LogP contribution in [0.2, 0.25) is 0 Å². The van der Waals surface area contributed by atoms with E-state index in [4.69, 9.17) is 14.6 Å². The molecule has 1 aromatic carbocycles. The molecule has 1 aliphatic carbocycles. The smallest absolute Gasteiger partial charge is 0.257 e. The van der Waals surface area contributed by atoms with E-state index in [1.54, 1.807) is 6.07 Å². The van der Waals surface area contributed by atoms with Gasteiger partial charge in [-0.3, -0.25) is 9.59 Å². The summed E-state index contributed by atoms with van der Waals surface area (Å²) in [6, 6.07) is 6.55. The largest absolute Gasteiger partial charge is 0.490 e. The first-order chi connectivity index (χ1) is 18.5. The van der Waals surface area contributed by atoms with E-state index in [2.05, 4.69) is 15.6 Å². The van der Waals surface area contributed by atoms with Crippen molar-refractivity contribution in [1.29, 1.82) is 0 Å². The number of aromatic nitrogens is 1.